The van der Waals surface area contributed by atoms with Crippen LogP contribution in [-0.2, 0) is 0 Å². The molecule has 0 atom stereocenters. The first-order valence-corrected chi connectivity index (χ1v) is 5.85. The molecule has 7 nitrogen and oxygen atoms in total. The Hall–Kier alpha value is -2.83. The van der Waals surface area contributed by atoms with Gasteiger partial charge in [0, 0.05) is 7.05 Å². The summed E-state index contributed by atoms with van der Waals surface area (Å²) in [4.78, 5) is 1.76. The summed E-state index contributed by atoms with van der Waals surface area (Å²) < 4.78 is 5.31. The average Bonchev–Trinajstić information content (AvgIpc) is 2.53. The number of aromatic nitrogens is 2. The number of hydrogen-bond acceptors (Lipinski definition) is 6. The number of oxime groups is 1. The highest BCUT2D eigenvalue weighted by Gasteiger charge is 2.16. The number of nitrogens with two attached hydrogens (primary N) is 1. The van der Waals surface area contributed by atoms with E-state index >= 15 is 0 Å². The number of methoxy groups -OCH3 is 1. The van der Waals surface area contributed by atoms with Crippen molar-refractivity contribution < 1.29 is 9.94 Å². The second kappa shape index (κ2) is 5.87. The highest BCUT2D eigenvalue weighted by atomic mass is 16.5. The molecule has 0 aliphatic heterocycles. The zero-order valence-electron chi connectivity index (χ0n) is 11.2. The molecule has 2 rings (SSSR count). The van der Waals surface area contributed by atoms with Crippen LogP contribution in [0.25, 0.3) is 0 Å². The molecular formula is C13H15N5O2. The van der Waals surface area contributed by atoms with Crippen LogP contribution >= 0.6 is 0 Å². The van der Waals surface area contributed by atoms with Crippen LogP contribution in [0.5, 0.6) is 5.75 Å². The Morgan fingerprint density at radius 3 is 2.80 bits per heavy atom. The predicted molar refractivity (Wildman–Crippen MR) is 75.6 cm³/mol. The van der Waals surface area contributed by atoms with Crippen molar-refractivity contribution in [1.82, 2.24) is 10.2 Å². The van der Waals surface area contributed by atoms with E-state index in [1.165, 1.54) is 6.20 Å². The van der Waals surface area contributed by atoms with E-state index in [0.717, 1.165) is 5.69 Å². The van der Waals surface area contributed by atoms with Gasteiger partial charge >= 0.3 is 0 Å². The Kier molecular flexibility index (Phi) is 3.99. The van der Waals surface area contributed by atoms with E-state index < -0.39 is 0 Å². The summed E-state index contributed by atoms with van der Waals surface area (Å²) >= 11 is 0. The molecule has 0 spiro atoms. The molecule has 1 aromatic heterocycles. The van der Waals surface area contributed by atoms with Crippen molar-refractivity contribution >= 4 is 17.3 Å². The van der Waals surface area contributed by atoms with Crippen molar-refractivity contribution in [1.29, 1.82) is 0 Å². The Balaban J connectivity index is 2.51. The molecule has 0 fully saturated rings. The molecule has 0 saturated carbocycles. The smallest absolute Gasteiger partial charge is 0.173 e. The SMILES string of the molecule is COc1ccccc1N(C)c1nnccc1/C(N)=N/O. The third-order valence-electron chi connectivity index (χ3n) is 2.85. The summed E-state index contributed by atoms with van der Waals surface area (Å²) in [5, 5.41) is 19.7. The fraction of sp³-hybridized carbons (Fsp3) is 0.154. The van der Waals surface area contributed by atoms with Gasteiger partial charge in [-0.2, -0.15) is 5.10 Å². The number of hydrogen-bond donors (Lipinski definition) is 2. The summed E-state index contributed by atoms with van der Waals surface area (Å²) in [5.41, 5.74) is 6.93. The first kappa shape index (κ1) is 13.6. The summed E-state index contributed by atoms with van der Waals surface area (Å²) in [6.45, 7) is 0. The monoisotopic (exact) mass is 273 g/mol. The average molecular weight is 273 g/mol. The highest BCUT2D eigenvalue weighted by Crippen LogP contribution is 2.32. The maximum absolute atomic E-state index is 8.84. The van der Waals surface area contributed by atoms with Gasteiger partial charge in [-0.1, -0.05) is 17.3 Å². The molecule has 0 saturated heterocycles. The number of anilines is 2. The Morgan fingerprint density at radius 1 is 1.35 bits per heavy atom. The van der Waals surface area contributed by atoms with Gasteiger partial charge < -0.3 is 20.6 Å². The zero-order valence-corrected chi connectivity index (χ0v) is 11.2. The van der Waals surface area contributed by atoms with Crippen molar-refractivity contribution in [2.45, 2.75) is 0 Å². The number of benzene rings is 1. The van der Waals surface area contributed by atoms with E-state index in [-0.39, 0.29) is 5.84 Å². The van der Waals surface area contributed by atoms with Crippen LogP contribution in [0, 0.1) is 0 Å². The van der Waals surface area contributed by atoms with Crippen LogP contribution in [0.1, 0.15) is 5.56 Å². The number of ether oxygens (including phenoxy) is 1. The number of nitrogens with zero attached hydrogens (tertiary/aromatic N) is 4. The molecule has 0 bridgehead atoms. The fourth-order valence-corrected chi connectivity index (χ4v) is 1.85. The van der Waals surface area contributed by atoms with Crippen LogP contribution < -0.4 is 15.4 Å². The van der Waals surface area contributed by atoms with Crippen LogP contribution in [0.3, 0.4) is 0 Å². The molecule has 1 heterocycles. The lowest BCUT2D eigenvalue weighted by molar-refractivity contribution is 0.318. The van der Waals surface area contributed by atoms with Gasteiger partial charge in [-0.25, -0.2) is 0 Å². The topological polar surface area (TPSA) is 96.9 Å². The van der Waals surface area contributed by atoms with Gasteiger partial charge in [0.15, 0.2) is 11.7 Å². The van der Waals surface area contributed by atoms with Crippen molar-refractivity contribution in [2.24, 2.45) is 10.9 Å². The second-order valence-electron chi connectivity index (χ2n) is 3.98. The zero-order chi connectivity index (χ0) is 14.5. The van der Waals surface area contributed by atoms with Gasteiger partial charge in [0.25, 0.3) is 0 Å². The number of amidine groups is 1. The van der Waals surface area contributed by atoms with Crippen LogP contribution in [0.4, 0.5) is 11.5 Å². The van der Waals surface area contributed by atoms with E-state index in [9.17, 15) is 0 Å². The first-order chi connectivity index (χ1) is 9.69. The second-order valence-corrected chi connectivity index (χ2v) is 3.98. The van der Waals surface area contributed by atoms with Gasteiger partial charge in [0.1, 0.15) is 5.75 Å². The molecule has 0 unspecified atom stereocenters. The van der Waals surface area contributed by atoms with E-state index in [1.807, 2.05) is 24.3 Å². The molecule has 1 aromatic carbocycles. The van der Waals surface area contributed by atoms with E-state index in [2.05, 4.69) is 15.4 Å². The lowest BCUT2D eigenvalue weighted by Crippen LogP contribution is -2.21. The highest BCUT2D eigenvalue weighted by molar-refractivity contribution is 6.01. The Morgan fingerprint density at radius 2 is 2.10 bits per heavy atom. The molecule has 0 radical (unpaired) electrons. The normalized spacial score (nSPS) is 11.2. The molecule has 0 aliphatic rings. The number of rotatable bonds is 4. The standard InChI is InChI=1S/C13H15N5O2/c1-18(10-5-3-4-6-11(10)20-2)13-9(12(14)17-19)7-8-15-16-13/h3-8,19H,1-2H3,(H2,14,17). The maximum atomic E-state index is 8.84. The summed E-state index contributed by atoms with van der Waals surface area (Å²) in [6, 6.07) is 9.10. The van der Waals surface area contributed by atoms with Crippen LogP contribution in [-0.4, -0.2) is 35.4 Å². The summed E-state index contributed by atoms with van der Waals surface area (Å²) in [6.07, 6.45) is 1.48. The molecule has 7 heteroatoms. The van der Waals surface area contributed by atoms with Gasteiger partial charge in [-0.15, -0.1) is 5.10 Å². The minimum absolute atomic E-state index is 0.0309. The molecule has 2 aromatic rings. The first-order valence-electron chi connectivity index (χ1n) is 5.85. The van der Waals surface area contributed by atoms with Gasteiger partial charge in [-0.05, 0) is 18.2 Å². The number of para-hydroxylation sites is 2. The third-order valence-corrected chi connectivity index (χ3v) is 2.85. The minimum atomic E-state index is -0.0309. The van der Waals surface area contributed by atoms with E-state index in [1.54, 1.807) is 25.1 Å². The quantitative estimate of drug-likeness (QED) is 0.378. The summed E-state index contributed by atoms with van der Waals surface area (Å²) in [7, 11) is 3.39. The van der Waals surface area contributed by atoms with Gasteiger partial charge in [-0.3, -0.25) is 0 Å². The fourth-order valence-electron chi connectivity index (χ4n) is 1.85. The maximum Gasteiger partial charge on any atom is 0.173 e. The van der Waals surface area contributed by atoms with E-state index in [0.29, 0.717) is 17.1 Å². The molecule has 0 aliphatic carbocycles. The Labute approximate surface area is 116 Å². The van der Waals surface area contributed by atoms with Crippen LogP contribution in [0.15, 0.2) is 41.7 Å². The lowest BCUT2D eigenvalue weighted by atomic mass is 10.2. The molecule has 0 amide bonds. The van der Waals surface area contributed by atoms with Crippen molar-refractivity contribution in [2.75, 3.05) is 19.1 Å². The predicted octanol–water partition coefficient (Wildman–Crippen LogP) is 1.35. The largest absolute Gasteiger partial charge is 0.495 e. The lowest BCUT2D eigenvalue weighted by Gasteiger charge is -2.22. The van der Waals surface area contributed by atoms with Crippen molar-refractivity contribution in [3.8, 4) is 5.75 Å². The Bertz CT molecular complexity index is 630. The van der Waals surface area contributed by atoms with Gasteiger partial charge in [0.05, 0.1) is 24.6 Å². The molecule has 20 heavy (non-hydrogen) atoms. The van der Waals surface area contributed by atoms with Crippen molar-refractivity contribution in [3.63, 3.8) is 0 Å². The van der Waals surface area contributed by atoms with Crippen LogP contribution in [0.2, 0.25) is 0 Å². The van der Waals surface area contributed by atoms with E-state index in [4.69, 9.17) is 15.7 Å². The molecule has 3 N–H and O–H groups in total. The summed E-state index contributed by atoms with van der Waals surface area (Å²) in [5.74, 6) is 1.12. The third kappa shape index (κ3) is 2.46. The van der Waals surface area contributed by atoms with Gasteiger partial charge in [0.2, 0.25) is 0 Å². The molecular weight excluding hydrogens is 258 g/mol. The van der Waals surface area contributed by atoms with Crippen molar-refractivity contribution in [3.05, 3.63) is 42.1 Å². The molecule has 104 valence electrons. The minimum Gasteiger partial charge on any atom is -0.495 e.